The summed E-state index contributed by atoms with van der Waals surface area (Å²) >= 11 is 0. The molecule has 188 valence electrons. The number of benzene rings is 3. The van der Waals surface area contributed by atoms with Crippen LogP contribution in [0.1, 0.15) is 21.5 Å². The maximum absolute atomic E-state index is 13.1. The normalized spacial score (nSPS) is 14.0. The SMILES string of the molecule is O=C(NCc1ccc(N2CCN(c3ccc(F)cc3)CC2)cc1)c1cc([N+](=O)[O-])cc(C(F)(F)F)c1. The molecule has 0 spiro atoms. The molecular formula is C25H22F4N4O3. The summed E-state index contributed by atoms with van der Waals surface area (Å²) in [6, 6.07) is 15.6. The number of carbonyl (C=O) groups is 1. The van der Waals surface area contributed by atoms with E-state index in [-0.39, 0.29) is 12.4 Å². The molecule has 0 bridgehead atoms. The van der Waals surface area contributed by atoms with Gasteiger partial charge < -0.3 is 15.1 Å². The molecular weight excluding hydrogens is 480 g/mol. The Morgan fingerprint density at radius 2 is 1.42 bits per heavy atom. The molecule has 7 nitrogen and oxygen atoms in total. The van der Waals surface area contributed by atoms with E-state index in [0.717, 1.165) is 49.2 Å². The number of nitrogens with one attached hydrogen (secondary N) is 1. The van der Waals surface area contributed by atoms with E-state index in [1.54, 1.807) is 24.3 Å². The van der Waals surface area contributed by atoms with Gasteiger partial charge in [-0.1, -0.05) is 12.1 Å². The van der Waals surface area contributed by atoms with Crippen molar-refractivity contribution >= 4 is 23.0 Å². The van der Waals surface area contributed by atoms with Crippen LogP contribution in [0.4, 0.5) is 34.6 Å². The van der Waals surface area contributed by atoms with E-state index in [9.17, 15) is 32.5 Å². The van der Waals surface area contributed by atoms with Crippen molar-refractivity contribution < 1.29 is 27.3 Å². The molecule has 0 aliphatic carbocycles. The van der Waals surface area contributed by atoms with Gasteiger partial charge in [-0.15, -0.1) is 0 Å². The van der Waals surface area contributed by atoms with Crippen LogP contribution >= 0.6 is 0 Å². The van der Waals surface area contributed by atoms with Crippen molar-refractivity contribution in [1.29, 1.82) is 0 Å². The van der Waals surface area contributed by atoms with Crippen LogP contribution in [0.2, 0.25) is 0 Å². The highest BCUT2D eigenvalue weighted by molar-refractivity contribution is 5.95. The molecule has 1 fully saturated rings. The number of rotatable bonds is 6. The van der Waals surface area contributed by atoms with Crippen molar-refractivity contribution in [2.45, 2.75) is 12.7 Å². The minimum absolute atomic E-state index is 0.0432. The number of nitro benzene ring substituents is 1. The number of nitro groups is 1. The number of non-ortho nitro benzene ring substituents is 1. The molecule has 3 aromatic carbocycles. The van der Waals surface area contributed by atoms with Crippen LogP contribution in [0.5, 0.6) is 0 Å². The highest BCUT2D eigenvalue weighted by atomic mass is 19.4. The fourth-order valence-corrected chi connectivity index (χ4v) is 4.00. The van der Waals surface area contributed by atoms with E-state index < -0.39 is 33.8 Å². The minimum atomic E-state index is -4.82. The molecule has 0 atom stereocenters. The predicted octanol–water partition coefficient (Wildman–Crippen LogP) is 5.01. The number of hydrogen-bond donors (Lipinski definition) is 1. The zero-order valence-corrected chi connectivity index (χ0v) is 19.0. The van der Waals surface area contributed by atoms with Crippen molar-refractivity contribution in [2.24, 2.45) is 0 Å². The van der Waals surface area contributed by atoms with Crippen LogP contribution in [-0.4, -0.2) is 37.0 Å². The van der Waals surface area contributed by atoms with Crippen molar-refractivity contribution in [3.63, 3.8) is 0 Å². The summed E-state index contributed by atoms with van der Waals surface area (Å²) in [7, 11) is 0. The summed E-state index contributed by atoms with van der Waals surface area (Å²) in [5.41, 5.74) is 0.167. The maximum atomic E-state index is 13.1. The molecule has 4 rings (SSSR count). The molecule has 36 heavy (non-hydrogen) atoms. The fourth-order valence-electron chi connectivity index (χ4n) is 4.00. The molecule has 1 N–H and O–H groups in total. The van der Waals surface area contributed by atoms with Crippen LogP contribution < -0.4 is 15.1 Å². The lowest BCUT2D eigenvalue weighted by molar-refractivity contribution is -0.385. The average Bonchev–Trinajstić information content (AvgIpc) is 2.87. The average molecular weight is 502 g/mol. The van der Waals surface area contributed by atoms with Crippen LogP contribution in [0.3, 0.4) is 0 Å². The van der Waals surface area contributed by atoms with Gasteiger partial charge in [0.15, 0.2) is 0 Å². The number of piperazine rings is 1. The Morgan fingerprint density at radius 1 is 0.889 bits per heavy atom. The van der Waals surface area contributed by atoms with E-state index in [1.807, 2.05) is 12.1 Å². The second-order valence-electron chi connectivity index (χ2n) is 8.32. The lowest BCUT2D eigenvalue weighted by Crippen LogP contribution is -2.46. The molecule has 1 aliphatic rings. The summed E-state index contributed by atoms with van der Waals surface area (Å²) in [5, 5.41) is 13.5. The van der Waals surface area contributed by atoms with Gasteiger partial charge in [0.2, 0.25) is 0 Å². The van der Waals surface area contributed by atoms with E-state index >= 15 is 0 Å². The predicted molar refractivity (Wildman–Crippen MR) is 127 cm³/mol. The fraction of sp³-hybridized carbons (Fsp3) is 0.240. The second-order valence-corrected chi connectivity index (χ2v) is 8.32. The Kier molecular flexibility index (Phi) is 7.09. The molecule has 0 unspecified atom stereocenters. The van der Waals surface area contributed by atoms with Gasteiger partial charge in [-0.2, -0.15) is 13.2 Å². The molecule has 1 amide bonds. The standard InChI is InChI=1S/C25H22F4N4O3/c26-20-3-7-22(8-4-20)32-11-9-31(10-12-32)21-5-1-17(2-6-21)16-30-24(34)18-13-19(25(27,28)29)15-23(14-18)33(35)36/h1-8,13-15H,9-12,16H2,(H,30,34). The van der Waals surface area contributed by atoms with Gasteiger partial charge in [0.25, 0.3) is 11.6 Å². The molecule has 11 heteroatoms. The molecule has 0 aromatic heterocycles. The number of carbonyl (C=O) groups excluding carboxylic acids is 1. The first-order valence-electron chi connectivity index (χ1n) is 11.1. The third kappa shape index (κ3) is 5.91. The Balaban J connectivity index is 1.35. The zero-order valence-electron chi connectivity index (χ0n) is 19.0. The number of hydrogen-bond acceptors (Lipinski definition) is 5. The highest BCUT2D eigenvalue weighted by Gasteiger charge is 2.33. The summed E-state index contributed by atoms with van der Waals surface area (Å²) in [4.78, 5) is 26.8. The quantitative estimate of drug-likeness (QED) is 0.291. The number of alkyl halides is 3. The third-order valence-electron chi connectivity index (χ3n) is 5.94. The Bertz CT molecular complexity index is 1240. The molecule has 0 radical (unpaired) electrons. The number of halogens is 4. The van der Waals surface area contributed by atoms with Gasteiger partial charge in [-0.3, -0.25) is 14.9 Å². The molecule has 3 aromatic rings. The monoisotopic (exact) mass is 502 g/mol. The number of anilines is 2. The smallest absolute Gasteiger partial charge is 0.368 e. The zero-order chi connectivity index (χ0) is 25.9. The van der Waals surface area contributed by atoms with Gasteiger partial charge in [-0.25, -0.2) is 4.39 Å². The first-order valence-corrected chi connectivity index (χ1v) is 11.1. The summed E-state index contributed by atoms with van der Waals surface area (Å²) in [6.07, 6.45) is -4.82. The van der Waals surface area contributed by atoms with Crippen LogP contribution in [0, 0.1) is 15.9 Å². The summed E-state index contributed by atoms with van der Waals surface area (Å²) < 4.78 is 52.3. The van der Waals surface area contributed by atoms with Crippen LogP contribution in [-0.2, 0) is 12.7 Å². The Labute approximate surface area is 204 Å². The van der Waals surface area contributed by atoms with E-state index in [2.05, 4.69) is 15.1 Å². The Morgan fingerprint density at radius 3 is 1.92 bits per heavy atom. The van der Waals surface area contributed by atoms with Gasteiger partial charge in [-0.05, 0) is 48.0 Å². The van der Waals surface area contributed by atoms with Gasteiger partial charge in [0, 0.05) is 61.8 Å². The summed E-state index contributed by atoms with van der Waals surface area (Å²) in [5.74, 6) is -1.12. The molecule has 1 heterocycles. The lowest BCUT2D eigenvalue weighted by atomic mass is 10.1. The van der Waals surface area contributed by atoms with Crippen molar-refractivity contribution in [1.82, 2.24) is 5.32 Å². The largest absolute Gasteiger partial charge is 0.416 e. The third-order valence-corrected chi connectivity index (χ3v) is 5.94. The molecule has 1 saturated heterocycles. The van der Waals surface area contributed by atoms with E-state index in [1.165, 1.54) is 12.1 Å². The van der Waals surface area contributed by atoms with Crippen molar-refractivity contribution in [3.05, 3.63) is 99.4 Å². The van der Waals surface area contributed by atoms with Crippen molar-refractivity contribution in [3.8, 4) is 0 Å². The van der Waals surface area contributed by atoms with Gasteiger partial charge in [0.1, 0.15) is 5.82 Å². The second kappa shape index (κ2) is 10.2. The van der Waals surface area contributed by atoms with Crippen LogP contribution in [0.15, 0.2) is 66.7 Å². The molecule has 1 aliphatic heterocycles. The maximum Gasteiger partial charge on any atom is 0.416 e. The topological polar surface area (TPSA) is 78.7 Å². The van der Waals surface area contributed by atoms with Crippen LogP contribution in [0.25, 0.3) is 0 Å². The van der Waals surface area contributed by atoms with E-state index in [0.29, 0.717) is 12.1 Å². The van der Waals surface area contributed by atoms with Gasteiger partial charge in [0.05, 0.1) is 10.5 Å². The Hall–Kier alpha value is -4.15. The first-order chi connectivity index (χ1) is 17.1. The number of nitrogens with zero attached hydrogens (tertiary/aromatic N) is 3. The summed E-state index contributed by atoms with van der Waals surface area (Å²) in [6.45, 7) is 3.12. The van der Waals surface area contributed by atoms with E-state index in [4.69, 9.17) is 0 Å². The molecule has 0 saturated carbocycles. The highest BCUT2D eigenvalue weighted by Crippen LogP contribution is 2.32. The van der Waals surface area contributed by atoms with Crippen molar-refractivity contribution in [2.75, 3.05) is 36.0 Å². The number of amides is 1. The van der Waals surface area contributed by atoms with Gasteiger partial charge >= 0.3 is 6.18 Å². The lowest BCUT2D eigenvalue weighted by Gasteiger charge is -2.37. The first kappa shape index (κ1) is 25.0. The minimum Gasteiger partial charge on any atom is -0.368 e.